The number of carbonyl (C=O) groups excluding carboxylic acids is 1. The van der Waals surface area contributed by atoms with E-state index in [1.165, 1.54) is 35.6 Å². The summed E-state index contributed by atoms with van der Waals surface area (Å²) in [6.45, 7) is 1.82. The van der Waals surface area contributed by atoms with Crippen LogP contribution in [0.4, 0.5) is 8.78 Å². The summed E-state index contributed by atoms with van der Waals surface area (Å²) in [5.41, 5.74) is 0.938. The third-order valence-corrected chi connectivity index (χ3v) is 8.83. The zero-order chi connectivity index (χ0) is 29.1. The van der Waals surface area contributed by atoms with Crippen molar-refractivity contribution in [3.8, 4) is 5.75 Å². The van der Waals surface area contributed by atoms with E-state index in [0.29, 0.717) is 5.56 Å². The van der Waals surface area contributed by atoms with Gasteiger partial charge in [0.05, 0.1) is 19.3 Å². The second kappa shape index (κ2) is 10.2. The van der Waals surface area contributed by atoms with Crippen molar-refractivity contribution >= 4 is 17.7 Å². The SMILES string of the molecule is Cc1oc(=O)oc1COc1c2n(ccc1=O)N([C@@H]1c3ccccc3SCc3c1ccc(F)c3F)[C@@H]1COCCN1C2=O. The second-order valence-electron chi connectivity index (χ2n) is 10.0. The minimum absolute atomic E-state index is 0.0531. The Morgan fingerprint density at radius 1 is 1.05 bits per heavy atom. The van der Waals surface area contributed by atoms with Crippen LogP contribution in [-0.4, -0.2) is 41.4 Å². The fourth-order valence-corrected chi connectivity index (χ4v) is 6.87. The molecule has 42 heavy (non-hydrogen) atoms. The molecule has 3 aliphatic rings. The first-order chi connectivity index (χ1) is 20.3. The van der Waals surface area contributed by atoms with Gasteiger partial charge in [-0.1, -0.05) is 24.3 Å². The molecule has 0 aliphatic carbocycles. The van der Waals surface area contributed by atoms with E-state index in [1.807, 2.05) is 29.3 Å². The number of nitrogens with zero attached hydrogens (tertiary/aromatic N) is 3. The Balaban J connectivity index is 1.45. The van der Waals surface area contributed by atoms with Gasteiger partial charge >= 0.3 is 5.82 Å². The Morgan fingerprint density at radius 3 is 2.69 bits per heavy atom. The number of hydrogen-bond acceptors (Lipinski definition) is 9. The normalized spacial score (nSPS) is 19.5. The van der Waals surface area contributed by atoms with Gasteiger partial charge < -0.3 is 23.2 Å². The molecule has 1 fully saturated rings. The van der Waals surface area contributed by atoms with Crippen LogP contribution in [0.3, 0.4) is 0 Å². The number of aryl methyl sites for hydroxylation is 1. The molecule has 0 bridgehead atoms. The molecule has 0 saturated carbocycles. The number of morpholine rings is 1. The van der Waals surface area contributed by atoms with Crippen molar-refractivity contribution in [2.45, 2.75) is 36.4 Å². The third-order valence-electron chi connectivity index (χ3n) is 7.72. The Morgan fingerprint density at radius 2 is 1.88 bits per heavy atom. The Kier molecular flexibility index (Phi) is 6.43. The summed E-state index contributed by atoms with van der Waals surface area (Å²) in [4.78, 5) is 41.1. The number of rotatable bonds is 4. The molecule has 1 saturated heterocycles. The molecule has 0 N–H and O–H groups in total. The highest BCUT2D eigenvalue weighted by molar-refractivity contribution is 7.98. The van der Waals surface area contributed by atoms with E-state index in [1.54, 1.807) is 11.0 Å². The third kappa shape index (κ3) is 4.14. The number of pyridine rings is 1. The van der Waals surface area contributed by atoms with E-state index in [9.17, 15) is 18.8 Å². The van der Waals surface area contributed by atoms with Gasteiger partial charge in [0.2, 0.25) is 5.43 Å². The maximum atomic E-state index is 15.3. The molecular formula is C29H23F2N3O7S. The number of halogens is 2. The lowest BCUT2D eigenvalue weighted by molar-refractivity contribution is -0.0199. The minimum Gasteiger partial charge on any atom is -0.479 e. The fourth-order valence-electron chi connectivity index (χ4n) is 5.75. The second-order valence-corrected chi connectivity index (χ2v) is 11.0. The predicted molar refractivity (Wildman–Crippen MR) is 145 cm³/mol. The predicted octanol–water partition coefficient (Wildman–Crippen LogP) is 3.71. The largest absolute Gasteiger partial charge is 0.519 e. The summed E-state index contributed by atoms with van der Waals surface area (Å²) in [5.74, 6) is -3.03. The summed E-state index contributed by atoms with van der Waals surface area (Å²) in [6.07, 6.45) is 0.822. The highest BCUT2D eigenvalue weighted by Crippen LogP contribution is 2.45. The van der Waals surface area contributed by atoms with E-state index < -0.39 is 41.0 Å². The average Bonchev–Trinajstić information content (AvgIpc) is 3.22. The van der Waals surface area contributed by atoms with E-state index in [-0.39, 0.29) is 60.6 Å². The number of hydrogen-bond donors (Lipinski definition) is 0. The van der Waals surface area contributed by atoms with Crippen LogP contribution in [0.25, 0.3) is 0 Å². The molecular weight excluding hydrogens is 572 g/mol. The number of fused-ring (bicyclic) bond motifs is 4. The standard InChI is InChI=1S/C29H23F2N3O7S/c1-15-21(41-29(37)40-15)12-39-27-20(35)8-9-33-26(27)28(36)32-10-11-38-13-23(32)34(33)25-16-6-7-19(30)24(31)18(16)14-42-22-5-3-2-4-17(22)25/h2-9,23,25H,10-14H2,1H3/t23-,25+/m1/s1. The van der Waals surface area contributed by atoms with Crippen molar-refractivity contribution in [3.63, 3.8) is 0 Å². The molecule has 5 heterocycles. The molecule has 0 spiro atoms. The lowest BCUT2D eigenvalue weighted by Crippen LogP contribution is -2.66. The van der Waals surface area contributed by atoms with E-state index in [4.69, 9.17) is 18.3 Å². The van der Waals surface area contributed by atoms with Crippen molar-refractivity contribution < 1.29 is 31.9 Å². The van der Waals surface area contributed by atoms with Gasteiger partial charge in [-0.15, -0.1) is 11.8 Å². The summed E-state index contributed by atoms with van der Waals surface area (Å²) in [7, 11) is 0. The van der Waals surface area contributed by atoms with Gasteiger partial charge in [-0.2, -0.15) is 0 Å². The van der Waals surface area contributed by atoms with Crippen LogP contribution in [-0.2, 0) is 17.1 Å². The van der Waals surface area contributed by atoms with Crippen molar-refractivity contribution in [1.29, 1.82) is 0 Å². The number of benzene rings is 2. The Bertz CT molecular complexity index is 1850. The van der Waals surface area contributed by atoms with Gasteiger partial charge in [-0.3, -0.25) is 19.3 Å². The summed E-state index contributed by atoms with van der Waals surface area (Å²) in [6, 6.07) is 10.8. The Labute approximate surface area is 241 Å². The van der Waals surface area contributed by atoms with Crippen LogP contribution < -0.4 is 21.0 Å². The highest BCUT2D eigenvalue weighted by atomic mass is 32.2. The molecule has 2 aromatic carbocycles. The number of thioether (sulfide) groups is 1. The topological polar surface area (TPSA) is 107 Å². The fraction of sp³-hybridized carbons (Fsp3) is 0.276. The molecule has 1 amide bonds. The smallest absolute Gasteiger partial charge is 0.479 e. The zero-order valence-electron chi connectivity index (χ0n) is 22.2. The minimum atomic E-state index is -0.948. The van der Waals surface area contributed by atoms with Gasteiger partial charge in [0.15, 0.2) is 34.6 Å². The first-order valence-corrected chi connectivity index (χ1v) is 14.2. The maximum Gasteiger partial charge on any atom is 0.519 e. The number of amides is 1. The van der Waals surface area contributed by atoms with Gasteiger partial charge in [0.25, 0.3) is 5.91 Å². The molecule has 0 radical (unpaired) electrons. The molecule has 216 valence electrons. The van der Waals surface area contributed by atoms with Crippen LogP contribution in [0.2, 0.25) is 0 Å². The van der Waals surface area contributed by atoms with E-state index in [0.717, 1.165) is 16.5 Å². The number of carbonyl (C=O) groups is 1. The van der Waals surface area contributed by atoms with Crippen LogP contribution in [0.1, 0.15) is 44.7 Å². The summed E-state index contributed by atoms with van der Waals surface area (Å²) in [5, 5.41) is 1.85. The van der Waals surface area contributed by atoms with E-state index >= 15 is 4.39 Å². The summed E-state index contributed by atoms with van der Waals surface area (Å²) < 4.78 is 52.9. The Hall–Kier alpha value is -4.36. The number of ether oxygens (including phenoxy) is 2. The van der Waals surface area contributed by atoms with Gasteiger partial charge in [-0.05, 0) is 30.2 Å². The average molecular weight is 596 g/mol. The monoisotopic (exact) mass is 595 g/mol. The van der Waals surface area contributed by atoms with Crippen molar-refractivity contribution in [3.05, 3.63) is 115 Å². The molecule has 0 unspecified atom stereocenters. The van der Waals surface area contributed by atoms with Crippen LogP contribution in [0.5, 0.6) is 5.75 Å². The lowest BCUT2D eigenvalue weighted by atomic mass is 9.93. The number of aromatic nitrogens is 1. The molecule has 10 nitrogen and oxygen atoms in total. The van der Waals surface area contributed by atoms with E-state index in [2.05, 4.69) is 0 Å². The van der Waals surface area contributed by atoms with Gasteiger partial charge in [-0.25, -0.2) is 13.6 Å². The first-order valence-electron chi connectivity index (χ1n) is 13.2. The van der Waals surface area contributed by atoms with Gasteiger partial charge in [0, 0.05) is 35.0 Å². The van der Waals surface area contributed by atoms with Crippen molar-refractivity contribution in [2.24, 2.45) is 0 Å². The maximum absolute atomic E-state index is 15.3. The molecule has 2 aromatic heterocycles. The molecule has 7 rings (SSSR count). The molecule has 2 atom stereocenters. The first kappa shape index (κ1) is 26.5. The molecule has 4 aromatic rings. The zero-order valence-corrected chi connectivity index (χ0v) is 23.0. The highest BCUT2D eigenvalue weighted by Gasteiger charge is 2.46. The molecule has 13 heteroatoms. The van der Waals surface area contributed by atoms with Gasteiger partial charge in [0.1, 0.15) is 12.8 Å². The lowest BCUT2D eigenvalue weighted by Gasteiger charge is -2.51. The summed E-state index contributed by atoms with van der Waals surface area (Å²) >= 11 is 1.39. The van der Waals surface area contributed by atoms with Crippen LogP contribution >= 0.6 is 11.8 Å². The van der Waals surface area contributed by atoms with Crippen molar-refractivity contribution in [1.82, 2.24) is 9.58 Å². The van der Waals surface area contributed by atoms with Crippen LogP contribution in [0, 0.1) is 18.6 Å². The van der Waals surface area contributed by atoms with Crippen molar-refractivity contribution in [2.75, 3.05) is 24.8 Å². The molecule has 3 aliphatic heterocycles. The quantitative estimate of drug-likeness (QED) is 0.349. The van der Waals surface area contributed by atoms with Crippen LogP contribution in [0.15, 0.2) is 72.0 Å².